The number of rotatable bonds is 3. The molecular weight excluding hydrogens is 254 g/mol. The van der Waals surface area contributed by atoms with Gasteiger partial charge < -0.3 is 10.0 Å². The highest BCUT2D eigenvalue weighted by molar-refractivity contribution is 5.87. The van der Waals surface area contributed by atoms with E-state index in [2.05, 4.69) is 19.9 Å². The van der Waals surface area contributed by atoms with E-state index in [9.17, 15) is 14.7 Å². The summed E-state index contributed by atoms with van der Waals surface area (Å²) >= 11 is 0. The highest BCUT2D eigenvalue weighted by Gasteiger charge is 2.53. The van der Waals surface area contributed by atoms with E-state index in [1.165, 1.54) is 0 Å². The Kier molecular flexibility index (Phi) is 3.35. The molecular formula is C16H23NO3. The SMILES string of the molecule is CC(C)C1CCN(C(=O)[C@H]2C3C=CC(C3)[C@H]2C(=O)O)C1. The summed E-state index contributed by atoms with van der Waals surface area (Å²) in [6.07, 6.45) is 5.95. The zero-order chi connectivity index (χ0) is 14.4. The van der Waals surface area contributed by atoms with Gasteiger partial charge in [0.2, 0.25) is 5.91 Å². The summed E-state index contributed by atoms with van der Waals surface area (Å²) < 4.78 is 0. The molecule has 0 aromatic rings. The van der Waals surface area contributed by atoms with Crippen molar-refractivity contribution >= 4 is 11.9 Å². The lowest BCUT2D eigenvalue weighted by molar-refractivity contribution is -0.150. The molecule has 20 heavy (non-hydrogen) atoms. The van der Waals surface area contributed by atoms with Gasteiger partial charge in [0, 0.05) is 13.1 Å². The lowest BCUT2D eigenvalue weighted by Crippen LogP contribution is -2.42. The largest absolute Gasteiger partial charge is 0.481 e. The maximum Gasteiger partial charge on any atom is 0.307 e. The van der Waals surface area contributed by atoms with Crippen LogP contribution in [0.3, 0.4) is 0 Å². The van der Waals surface area contributed by atoms with Crippen molar-refractivity contribution in [3.63, 3.8) is 0 Å². The topological polar surface area (TPSA) is 57.6 Å². The van der Waals surface area contributed by atoms with Crippen LogP contribution in [0.4, 0.5) is 0 Å². The van der Waals surface area contributed by atoms with Crippen molar-refractivity contribution in [3.8, 4) is 0 Å². The highest BCUT2D eigenvalue weighted by Crippen LogP contribution is 2.49. The van der Waals surface area contributed by atoms with Crippen LogP contribution in [-0.4, -0.2) is 35.0 Å². The fourth-order valence-electron chi connectivity index (χ4n) is 4.24. The van der Waals surface area contributed by atoms with E-state index in [1.807, 2.05) is 11.0 Å². The smallest absolute Gasteiger partial charge is 0.307 e. The Hall–Kier alpha value is -1.32. The molecule has 1 heterocycles. The van der Waals surface area contributed by atoms with Crippen LogP contribution in [0.2, 0.25) is 0 Å². The van der Waals surface area contributed by atoms with Gasteiger partial charge in [-0.3, -0.25) is 9.59 Å². The predicted octanol–water partition coefficient (Wildman–Crippen LogP) is 2.01. The molecule has 2 aliphatic carbocycles. The lowest BCUT2D eigenvalue weighted by Gasteiger charge is -2.28. The van der Waals surface area contributed by atoms with E-state index in [0.29, 0.717) is 11.8 Å². The van der Waals surface area contributed by atoms with Crippen molar-refractivity contribution in [2.75, 3.05) is 13.1 Å². The first kappa shape index (κ1) is 13.7. The number of nitrogens with zero attached hydrogens (tertiary/aromatic N) is 1. The van der Waals surface area contributed by atoms with Crippen LogP contribution in [0.5, 0.6) is 0 Å². The van der Waals surface area contributed by atoms with Crippen LogP contribution in [0, 0.1) is 35.5 Å². The number of likely N-dealkylation sites (tertiary alicyclic amines) is 1. The number of carboxylic acids is 1. The third-order valence-corrected chi connectivity index (χ3v) is 5.51. The van der Waals surface area contributed by atoms with E-state index >= 15 is 0 Å². The molecule has 5 atom stereocenters. The molecule has 1 saturated carbocycles. The van der Waals surface area contributed by atoms with Gasteiger partial charge >= 0.3 is 5.97 Å². The quantitative estimate of drug-likeness (QED) is 0.803. The zero-order valence-electron chi connectivity index (χ0n) is 12.2. The average Bonchev–Trinajstić information content (AvgIpc) is 3.11. The van der Waals surface area contributed by atoms with E-state index in [4.69, 9.17) is 0 Å². The molecule has 0 aromatic carbocycles. The molecule has 0 aromatic heterocycles. The number of allylic oxidation sites excluding steroid dienone is 2. The predicted molar refractivity (Wildman–Crippen MR) is 74.9 cm³/mol. The van der Waals surface area contributed by atoms with Crippen molar-refractivity contribution < 1.29 is 14.7 Å². The number of carbonyl (C=O) groups is 2. The fraction of sp³-hybridized carbons (Fsp3) is 0.750. The van der Waals surface area contributed by atoms with Crippen LogP contribution in [-0.2, 0) is 9.59 Å². The van der Waals surface area contributed by atoms with Gasteiger partial charge in [-0.25, -0.2) is 0 Å². The van der Waals surface area contributed by atoms with Gasteiger partial charge in [-0.1, -0.05) is 26.0 Å². The Balaban J connectivity index is 1.74. The standard InChI is InChI=1S/C16H23NO3/c1-9(2)12-5-6-17(8-12)15(18)13-10-3-4-11(7-10)14(13)16(19)20/h3-4,9-14H,5-8H2,1-2H3,(H,19,20)/t10?,11?,12?,13-,14+/m0/s1. The second-order valence-electron chi connectivity index (χ2n) is 6.92. The maximum atomic E-state index is 12.7. The molecule has 1 amide bonds. The summed E-state index contributed by atoms with van der Waals surface area (Å²) in [5, 5.41) is 9.43. The van der Waals surface area contributed by atoms with Crippen molar-refractivity contribution in [3.05, 3.63) is 12.2 Å². The third kappa shape index (κ3) is 2.05. The Morgan fingerprint density at radius 2 is 1.85 bits per heavy atom. The monoisotopic (exact) mass is 277 g/mol. The van der Waals surface area contributed by atoms with Crippen molar-refractivity contribution in [2.24, 2.45) is 35.5 Å². The Morgan fingerprint density at radius 1 is 1.20 bits per heavy atom. The Labute approximate surface area is 119 Å². The second kappa shape index (κ2) is 4.90. The van der Waals surface area contributed by atoms with Gasteiger partial charge in [0.15, 0.2) is 0 Å². The van der Waals surface area contributed by atoms with Crippen LogP contribution in [0.15, 0.2) is 12.2 Å². The molecule has 3 aliphatic rings. The van der Waals surface area contributed by atoms with Gasteiger partial charge in [0.1, 0.15) is 0 Å². The molecule has 4 nitrogen and oxygen atoms in total. The first-order valence-electron chi connectivity index (χ1n) is 7.69. The number of fused-ring (bicyclic) bond motifs is 2. The molecule has 0 radical (unpaired) electrons. The molecule has 110 valence electrons. The molecule has 2 bridgehead atoms. The first-order chi connectivity index (χ1) is 9.49. The molecule has 3 unspecified atom stereocenters. The number of carbonyl (C=O) groups excluding carboxylic acids is 1. The van der Waals surface area contributed by atoms with E-state index in [0.717, 1.165) is 25.9 Å². The van der Waals surface area contributed by atoms with Crippen LogP contribution in [0.1, 0.15) is 26.7 Å². The van der Waals surface area contributed by atoms with Gasteiger partial charge in [-0.05, 0) is 36.5 Å². The summed E-state index contributed by atoms with van der Waals surface area (Å²) in [7, 11) is 0. The van der Waals surface area contributed by atoms with E-state index < -0.39 is 11.9 Å². The van der Waals surface area contributed by atoms with Crippen molar-refractivity contribution in [1.82, 2.24) is 4.90 Å². The molecule has 1 aliphatic heterocycles. The minimum absolute atomic E-state index is 0.0648. The number of aliphatic carboxylic acids is 1. The minimum atomic E-state index is -0.806. The van der Waals surface area contributed by atoms with Crippen molar-refractivity contribution in [2.45, 2.75) is 26.7 Å². The van der Waals surface area contributed by atoms with E-state index in [-0.39, 0.29) is 23.7 Å². The van der Waals surface area contributed by atoms with Crippen LogP contribution in [0.25, 0.3) is 0 Å². The summed E-state index contributed by atoms with van der Waals surface area (Å²) in [4.78, 5) is 26.2. The molecule has 3 rings (SSSR count). The van der Waals surface area contributed by atoms with Crippen molar-refractivity contribution in [1.29, 1.82) is 0 Å². The Bertz CT molecular complexity index is 457. The molecule has 4 heteroatoms. The summed E-state index contributed by atoms with van der Waals surface area (Å²) in [5.41, 5.74) is 0. The fourth-order valence-corrected chi connectivity index (χ4v) is 4.24. The normalized spacial score (nSPS) is 39.0. The van der Waals surface area contributed by atoms with Crippen LogP contribution < -0.4 is 0 Å². The lowest BCUT2D eigenvalue weighted by atomic mass is 9.82. The number of carboxylic acid groups (broad SMARTS) is 1. The average molecular weight is 277 g/mol. The Morgan fingerprint density at radius 3 is 2.40 bits per heavy atom. The number of hydrogen-bond acceptors (Lipinski definition) is 2. The number of hydrogen-bond donors (Lipinski definition) is 1. The molecule has 1 saturated heterocycles. The van der Waals surface area contributed by atoms with E-state index in [1.54, 1.807) is 0 Å². The van der Waals surface area contributed by atoms with Gasteiger partial charge in [-0.2, -0.15) is 0 Å². The van der Waals surface area contributed by atoms with Gasteiger partial charge in [0.25, 0.3) is 0 Å². The summed E-state index contributed by atoms with van der Waals surface area (Å²) in [6, 6.07) is 0. The molecule has 2 fully saturated rings. The van der Waals surface area contributed by atoms with Gasteiger partial charge in [0.05, 0.1) is 11.8 Å². The maximum absolute atomic E-state index is 12.7. The zero-order valence-corrected chi connectivity index (χ0v) is 12.2. The summed E-state index contributed by atoms with van der Waals surface area (Å²) in [5.74, 6) is -0.192. The highest BCUT2D eigenvalue weighted by atomic mass is 16.4. The molecule has 1 N–H and O–H groups in total. The minimum Gasteiger partial charge on any atom is -0.481 e. The first-order valence-corrected chi connectivity index (χ1v) is 7.69. The third-order valence-electron chi connectivity index (χ3n) is 5.51. The number of amides is 1. The van der Waals surface area contributed by atoms with Gasteiger partial charge in [-0.15, -0.1) is 0 Å². The second-order valence-corrected chi connectivity index (χ2v) is 6.92. The van der Waals surface area contributed by atoms with Crippen LogP contribution >= 0.6 is 0 Å². The molecule has 0 spiro atoms. The summed E-state index contributed by atoms with van der Waals surface area (Å²) in [6.45, 7) is 5.99.